The zero-order valence-corrected chi connectivity index (χ0v) is 17.6. The van der Waals surface area contributed by atoms with Crippen LogP contribution in [0, 0.1) is 0 Å². The molecule has 0 aliphatic rings. The number of hydrazine groups is 1. The van der Waals surface area contributed by atoms with Gasteiger partial charge in [0, 0.05) is 5.02 Å². The highest BCUT2D eigenvalue weighted by atomic mass is 35.5. The molecule has 2 amide bonds. The molecule has 150 valence electrons. The van der Waals surface area contributed by atoms with Gasteiger partial charge in [-0.2, -0.15) is 0 Å². The van der Waals surface area contributed by atoms with Crippen molar-refractivity contribution in [1.82, 2.24) is 10.9 Å². The van der Waals surface area contributed by atoms with Gasteiger partial charge < -0.3 is 4.74 Å². The number of ether oxygens (including phenoxy) is 1. The number of amides is 2. The fraction of sp³-hybridized carbons (Fsp3) is 0.333. The second-order valence-electron chi connectivity index (χ2n) is 6.43. The Bertz CT molecular complexity index is 842. The zero-order chi connectivity index (χ0) is 20.7. The summed E-state index contributed by atoms with van der Waals surface area (Å²) in [6, 6.07) is 12.2. The van der Waals surface area contributed by atoms with E-state index >= 15 is 0 Å². The molecular formula is C21H24Cl2N2O3. The molecule has 0 radical (unpaired) electrons. The van der Waals surface area contributed by atoms with E-state index in [2.05, 4.69) is 24.7 Å². The molecule has 0 spiro atoms. The standard InChI is InChI=1S/C21H24Cl2N2O3/c1-4-13(3)15-8-6-7-9-19(15)28-18(5-2)21(27)25-24-20(26)16-11-10-14(22)12-17(16)23/h6-13,18H,4-5H2,1-3H3,(H,24,26)(H,25,27). The molecule has 28 heavy (non-hydrogen) atoms. The van der Waals surface area contributed by atoms with Crippen LogP contribution in [0.3, 0.4) is 0 Å². The average molecular weight is 423 g/mol. The number of hydrogen-bond acceptors (Lipinski definition) is 3. The molecule has 0 aliphatic heterocycles. The summed E-state index contributed by atoms with van der Waals surface area (Å²) in [4.78, 5) is 24.7. The third-order valence-electron chi connectivity index (χ3n) is 4.47. The van der Waals surface area contributed by atoms with Gasteiger partial charge in [-0.3, -0.25) is 20.4 Å². The Hall–Kier alpha value is -2.24. The van der Waals surface area contributed by atoms with Crippen molar-refractivity contribution >= 4 is 35.0 Å². The predicted octanol–water partition coefficient (Wildman–Crippen LogP) is 5.13. The molecule has 2 atom stereocenters. The van der Waals surface area contributed by atoms with Crippen molar-refractivity contribution in [1.29, 1.82) is 0 Å². The van der Waals surface area contributed by atoms with Gasteiger partial charge >= 0.3 is 0 Å². The summed E-state index contributed by atoms with van der Waals surface area (Å²) in [5, 5.41) is 0.620. The van der Waals surface area contributed by atoms with E-state index in [9.17, 15) is 9.59 Å². The van der Waals surface area contributed by atoms with Crippen LogP contribution < -0.4 is 15.6 Å². The Balaban J connectivity index is 2.03. The smallest absolute Gasteiger partial charge is 0.279 e. The van der Waals surface area contributed by atoms with Crippen molar-refractivity contribution in [2.75, 3.05) is 0 Å². The van der Waals surface area contributed by atoms with Gasteiger partial charge in [0.2, 0.25) is 0 Å². The van der Waals surface area contributed by atoms with E-state index < -0.39 is 17.9 Å². The summed E-state index contributed by atoms with van der Waals surface area (Å²) < 4.78 is 5.95. The van der Waals surface area contributed by atoms with Gasteiger partial charge in [0.05, 0.1) is 10.6 Å². The van der Waals surface area contributed by atoms with E-state index in [0.29, 0.717) is 23.1 Å². The van der Waals surface area contributed by atoms with Crippen LogP contribution >= 0.6 is 23.2 Å². The van der Waals surface area contributed by atoms with Crippen molar-refractivity contribution < 1.29 is 14.3 Å². The molecule has 2 rings (SSSR count). The van der Waals surface area contributed by atoms with E-state index in [-0.39, 0.29) is 10.6 Å². The fourth-order valence-corrected chi connectivity index (χ4v) is 3.12. The van der Waals surface area contributed by atoms with Crippen LogP contribution in [-0.2, 0) is 4.79 Å². The molecule has 2 N–H and O–H groups in total. The summed E-state index contributed by atoms with van der Waals surface area (Å²) in [6.07, 6.45) is 0.658. The third-order valence-corrected chi connectivity index (χ3v) is 5.02. The van der Waals surface area contributed by atoms with Crippen LogP contribution in [0.5, 0.6) is 5.75 Å². The lowest BCUT2D eigenvalue weighted by atomic mass is 9.98. The molecule has 0 saturated heterocycles. The first-order valence-electron chi connectivity index (χ1n) is 9.18. The minimum Gasteiger partial charge on any atom is -0.480 e. The summed E-state index contributed by atoms with van der Waals surface area (Å²) in [5.41, 5.74) is 6.02. The van der Waals surface area contributed by atoms with Crippen molar-refractivity contribution in [3.63, 3.8) is 0 Å². The van der Waals surface area contributed by atoms with Gasteiger partial charge in [-0.1, -0.05) is 62.2 Å². The third kappa shape index (κ3) is 5.63. The molecule has 0 fully saturated rings. The van der Waals surface area contributed by atoms with Gasteiger partial charge in [0.25, 0.3) is 11.8 Å². The lowest BCUT2D eigenvalue weighted by Gasteiger charge is -2.21. The lowest BCUT2D eigenvalue weighted by molar-refractivity contribution is -0.128. The quantitative estimate of drug-likeness (QED) is 0.607. The molecular weight excluding hydrogens is 399 g/mol. The van der Waals surface area contributed by atoms with Crippen LogP contribution in [0.2, 0.25) is 10.0 Å². The number of halogens is 2. The average Bonchev–Trinajstić information content (AvgIpc) is 2.69. The number of nitrogens with one attached hydrogen (secondary N) is 2. The molecule has 0 aliphatic carbocycles. The first-order chi connectivity index (χ1) is 13.4. The summed E-state index contributed by atoms with van der Waals surface area (Å²) in [6.45, 7) is 6.05. The molecule has 2 aromatic rings. The van der Waals surface area contributed by atoms with Crippen LogP contribution in [0.1, 0.15) is 55.5 Å². The van der Waals surface area contributed by atoms with Gasteiger partial charge in [0.15, 0.2) is 6.10 Å². The van der Waals surface area contributed by atoms with Crippen LogP contribution in [0.15, 0.2) is 42.5 Å². The molecule has 2 unspecified atom stereocenters. The second-order valence-corrected chi connectivity index (χ2v) is 7.27. The molecule has 0 saturated carbocycles. The van der Waals surface area contributed by atoms with Gasteiger partial charge in [-0.05, 0) is 48.6 Å². The summed E-state index contributed by atoms with van der Waals surface area (Å²) >= 11 is 11.8. The Morgan fingerprint density at radius 1 is 1.04 bits per heavy atom. The topological polar surface area (TPSA) is 67.4 Å². The Morgan fingerprint density at radius 2 is 1.75 bits per heavy atom. The monoisotopic (exact) mass is 422 g/mol. The number of para-hydroxylation sites is 1. The second kappa shape index (κ2) is 10.3. The van der Waals surface area contributed by atoms with E-state index in [0.717, 1.165) is 12.0 Å². The first-order valence-corrected chi connectivity index (χ1v) is 9.93. The summed E-state index contributed by atoms with van der Waals surface area (Å²) in [5.74, 6) is -0.000737. The summed E-state index contributed by atoms with van der Waals surface area (Å²) in [7, 11) is 0. The highest BCUT2D eigenvalue weighted by Crippen LogP contribution is 2.29. The number of carbonyl (C=O) groups is 2. The maximum absolute atomic E-state index is 12.5. The molecule has 0 bridgehead atoms. The van der Waals surface area contributed by atoms with Gasteiger partial charge in [0.1, 0.15) is 5.75 Å². The number of benzene rings is 2. The molecule has 2 aromatic carbocycles. The molecule has 0 aromatic heterocycles. The van der Waals surface area contributed by atoms with Crippen molar-refractivity contribution in [3.8, 4) is 5.75 Å². The normalized spacial score (nSPS) is 12.8. The number of carbonyl (C=O) groups excluding carboxylic acids is 2. The highest BCUT2D eigenvalue weighted by Gasteiger charge is 2.22. The number of rotatable bonds is 7. The van der Waals surface area contributed by atoms with Crippen molar-refractivity contribution in [3.05, 3.63) is 63.6 Å². The Kier molecular flexibility index (Phi) is 8.15. The van der Waals surface area contributed by atoms with E-state index in [4.69, 9.17) is 27.9 Å². The van der Waals surface area contributed by atoms with Gasteiger partial charge in [-0.25, -0.2) is 0 Å². The lowest BCUT2D eigenvalue weighted by Crippen LogP contribution is -2.48. The maximum Gasteiger partial charge on any atom is 0.279 e. The molecule has 7 heteroatoms. The van der Waals surface area contributed by atoms with Gasteiger partial charge in [-0.15, -0.1) is 0 Å². The number of hydrogen-bond donors (Lipinski definition) is 2. The zero-order valence-electron chi connectivity index (χ0n) is 16.1. The largest absolute Gasteiger partial charge is 0.480 e. The minimum absolute atomic E-state index is 0.199. The predicted molar refractivity (Wildman–Crippen MR) is 112 cm³/mol. The molecule has 5 nitrogen and oxygen atoms in total. The first kappa shape index (κ1) is 22.1. The van der Waals surface area contributed by atoms with E-state index in [1.54, 1.807) is 6.07 Å². The fourth-order valence-electron chi connectivity index (χ4n) is 2.63. The Labute approximate surface area is 175 Å². The van der Waals surface area contributed by atoms with Crippen molar-refractivity contribution in [2.24, 2.45) is 0 Å². The van der Waals surface area contributed by atoms with E-state index in [1.165, 1.54) is 12.1 Å². The highest BCUT2D eigenvalue weighted by molar-refractivity contribution is 6.36. The van der Waals surface area contributed by atoms with Crippen molar-refractivity contribution in [2.45, 2.75) is 45.6 Å². The maximum atomic E-state index is 12.5. The minimum atomic E-state index is -0.744. The van der Waals surface area contributed by atoms with Crippen LogP contribution in [-0.4, -0.2) is 17.9 Å². The van der Waals surface area contributed by atoms with E-state index in [1.807, 2.05) is 31.2 Å². The Morgan fingerprint density at radius 3 is 2.39 bits per heavy atom. The molecule has 0 heterocycles. The van der Waals surface area contributed by atoms with Crippen LogP contribution in [0.25, 0.3) is 0 Å². The SMILES string of the molecule is CCC(Oc1ccccc1C(C)CC)C(=O)NNC(=O)c1ccc(Cl)cc1Cl. The van der Waals surface area contributed by atoms with Crippen LogP contribution in [0.4, 0.5) is 0 Å².